The Balaban J connectivity index is 2.46. The molecule has 0 aliphatic rings. The molecule has 0 aliphatic heterocycles. The maximum absolute atomic E-state index is 11.1. The van der Waals surface area contributed by atoms with E-state index in [9.17, 15) is 4.79 Å². The highest BCUT2D eigenvalue weighted by atomic mass is 79.9. The van der Waals surface area contributed by atoms with Gasteiger partial charge in [-0.2, -0.15) is 5.10 Å². The van der Waals surface area contributed by atoms with Crippen molar-refractivity contribution in [2.45, 2.75) is 26.3 Å². The number of carbonyl (C=O) groups is 1. The Labute approximate surface area is 113 Å². The van der Waals surface area contributed by atoms with E-state index in [2.05, 4.69) is 34.9 Å². The van der Waals surface area contributed by atoms with E-state index < -0.39 is 0 Å². The van der Waals surface area contributed by atoms with Crippen LogP contribution in [-0.4, -0.2) is 16.1 Å². The Hall–Kier alpha value is -0.940. The molecule has 0 saturated heterocycles. The Morgan fingerprint density at radius 1 is 1.65 bits per heavy atom. The van der Waals surface area contributed by atoms with Crippen LogP contribution >= 0.6 is 27.3 Å². The third kappa shape index (κ3) is 2.50. The summed E-state index contributed by atoms with van der Waals surface area (Å²) in [6, 6.07) is 2.30. The quantitative estimate of drug-likeness (QED) is 0.795. The van der Waals surface area contributed by atoms with E-state index in [4.69, 9.17) is 0 Å². The van der Waals surface area contributed by atoms with Crippen LogP contribution in [0.25, 0.3) is 10.6 Å². The molecule has 2 aromatic heterocycles. The SMILES string of the molecule is CCC(C)n1cc(C=O)c(-c2cc(Br)cs2)n1. The molecule has 3 nitrogen and oxygen atoms in total. The van der Waals surface area contributed by atoms with Gasteiger partial charge < -0.3 is 0 Å². The second-order valence-electron chi connectivity index (χ2n) is 3.92. The third-order valence-corrected chi connectivity index (χ3v) is 4.43. The lowest BCUT2D eigenvalue weighted by Gasteiger charge is -2.07. The molecule has 0 spiro atoms. The summed E-state index contributed by atoms with van der Waals surface area (Å²) in [6.07, 6.45) is 3.69. The zero-order valence-electron chi connectivity index (χ0n) is 9.68. The summed E-state index contributed by atoms with van der Waals surface area (Å²) in [4.78, 5) is 12.1. The molecule has 0 saturated carbocycles. The van der Waals surface area contributed by atoms with Crippen molar-refractivity contribution in [1.82, 2.24) is 9.78 Å². The predicted molar refractivity (Wildman–Crippen MR) is 73.6 cm³/mol. The van der Waals surface area contributed by atoms with Gasteiger partial charge in [-0.1, -0.05) is 6.92 Å². The molecule has 0 bridgehead atoms. The van der Waals surface area contributed by atoms with Crippen LogP contribution in [0, 0.1) is 0 Å². The Kier molecular flexibility index (Phi) is 3.79. The molecule has 5 heteroatoms. The van der Waals surface area contributed by atoms with Gasteiger partial charge in [0.05, 0.1) is 10.4 Å². The number of rotatable bonds is 4. The molecule has 0 aromatic carbocycles. The zero-order chi connectivity index (χ0) is 12.4. The first-order chi connectivity index (χ1) is 8.15. The molecule has 90 valence electrons. The number of carbonyl (C=O) groups excluding carboxylic acids is 1. The summed E-state index contributed by atoms with van der Waals surface area (Å²) in [5.41, 5.74) is 1.43. The average molecular weight is 313 g/mol. The lowest BCUT2D eigenvalue weighted by Crippen LogP contribution is -2.03. The normalized spacial score (nSPS) is 12.6. The van der Waals surface area contributed by atoms with Gasteiger partial charge in [-0.05, 0) is 35.3 Å². The fraction of sp³-hybridized carbons (Fsp3) is 0.333. The second-order valence-corrected chi connectivity index (χ2v) is 5.74. The number of halogens is 1. The molecule has 2 heterocycles. The minimum Gasteiger partial charge on any atom is -0.298 e. The summed E-state index contributed by atoms with van der Waals surface area (Å²) in [6.45, 7) is 4.20. The second kappa shape index (κ2) is 5.14. The molecule has 0 fully saturated rings. The van der Waals surface area contributed by atoms with Crippen molar-refractivity contribution in [1.29, 1.82) is 0 Å². The monoisotopic (exact) mass is 312 g/mol. The van der Waals surface area contributed by atoms with E-state index in [0.717, 1.165) is 27.8 Å². The van der Waals surface area contributed by atoms with Crippen LogP contribution in [0.4, 0.5) is 0 Å². The Morgan fingerprint density at radius 3 is 2.94 bits per heavy atom. The predicted octanol–water partition coefficient (Wildman–Crippen LogP) is 4.16. The van der Waals surface area contributed by atoms with Gasteiger partial charge in [-0.25, -0.2) is 0 Å². The standard InChI is InChI=1S/C12H13BrN2OS/c1-3-8(2)15-5-9(6-16)12(14-15)11-4-10(13)7-17-11/h4-8H,3H2,1-2H3. The molecule has 17 heavy (non-hydrogen) atoms. The molecular formula is C12H13BrN2OS. The number of aromatic nitrogens is 2. The highest BCUT2D eigenvalue weighted by Crippen LogP contribution is 2.31. The van der Waals surface area contributed by atoms with Gasteiger partial charge in [-0.15, -0.1) is 11.3 Å². The first kappa shape index (κ1) is 12.5. The van der Waals surface area contributed by atoms with Gasteiger partial charge in [0.25, 0.3) is 0 Å². The Morgan fingerprint density at radius 2 is 2.41 bits per heavy atom. The molecule has 2 rings (SSSR count). The van der Waals surface area contributed by atoms with E-state index >= 15 is 0 Å². The topological polar surface area (TPSA) is 34.9 Å². The summed E-state index contributed by atoms with van der Waals surface area (Å²) in [5, 5.41) is 6.50. The average Bonchev–Trinajstić information content (AvgIpc) is 2.93. The van der Waals surface area contributed by atoms with Crippen molar-refractivity contribution in [2.24, 2.45) is 0 Å². The van der Waals surface area contributed by atoms with E-state index in [0.29, 0.717) is 11.6 Å². The number of nitrogens with zero attached hydrogens (tertiary/aromatic N) is 2. The third-order valence-electron chi connectivity index (χ3n) is 2.73. The molecule has 2 aromatic rings. The summed E-state index contributed by atoms with van der Waals surface area (Å²) in [5.74, 6) is 0. The number of aldehydes is 1. The largest absolute Gasteiger partial charge is 0.298 e. The van der Waals surface area contributed by atoms with Crippen molar-refractivity contribution in [3.63, 3.8) is 0 Å². The lowest BCUT2D eigenvalue weighted by atomic mass is 10.2. The molecule has 0 amide bonds. The van der Waals surface area contributed by atoms with Crippen molar-refractivity contribution >= 4 is 33.6 Å². The van der Waals surface area contributed by atoms with Crippen LogP contribution in [0.3, 0.4) is 0 Å². The van der Waals surface area contributed by atoms with E-state index in [1.807, 2.05) is 22.3 Å². The molecule has 1 unspecified atom stereocenters. The van der Waals surface area contributed by atoms with Crippen molar-refractivity contribution < 1.29 is 4.79 Å². The van der Waals surface area contributed by atoms with Crippen LogP contribution in [0.15, 0.2) is 22.1 Å². The molecule has 0 radical (unpaired) electrons. The summed E-state index contributed by atoms with van der Waals surface area (Å²) < 4.78 is 2.89. The van der Waals surface area contributed by atoms with Gasteiger partial charge >= 0.3 is 0 Å². The van der Waals surface area contributed by atoms with Crippen LogP contribution in [0.2, 0.25) is 0 Å². The fourth-order valence-corrected chi connectivity index (χ4v) is 2.97. The van der Waals surface area contributed by atoms with Crippen LogP contribution in [-0.2, 0) is 0 Å². The van der Waals surface area contributed by atoms with Crippen molar-refractivity contribution in [3.05, 3.63) is 27.7 Å². The number of hydrogen-bond donors (Lipinski definition) is 0. The first-order valence-corrected chi connectivity index (χ1v) is 7.11. The van der Waals surface area contributed by atoms with Gasteiger partial charge in [0.1, 0.15) is 5.69 Å². The van der Waals surface area contributed by atoms with E-state index in [-0.39, 0.29) is 0 Å². The van der Waals surface area contributed by atoms with Crippen molar-refractivity contribution in [3.8, 4) is 10.6 Å². The van der Waals surface area contributed by atoms with Crippen molar-refractivity contribution in [2.75, 3.05) is 0 Å². The maximum atomic E-state index is 11.1. The van der Waals surface area contributed by atoms with Gasteiger partial charge in [0.2, 0.25) is 0 Å². The number of hydrogen-bond acceptors (Lipinski definition) is 3. The minimum atomic E-state index is 0.311. The highest BCUT2D eigenvalue weighted by Gasteiger charge is 2.14. The lowest BCUT2D eigenvalue weighted by molar-refractivity contribution is 0.112. The van der Waals surface area contributed by atoms with E-state index in [1.54, 1.807) is 11.3 Å². The molecular weight excluding hydrogens is 300 g/mol. The van der Waals surface area contributed by atoms with Crippen LogP contribution in [0.5, 0.6) is 0 Å². The first-order valence-electron chi connectivity index (χ1n) is 5.44. The van der Waals surface area contributed by atoms with Crippen LogP contribution < -0.4 is 0 Å². The minimum absolute atomic E-state index is 0.311. The summed E-state index contributed by atoms with van der Waals surface area (Å²) in [7, 11) is 0. The van der Waals surface area contributed by atoms with Gasteiger partial charge in [0.15, 0.2) is 6.29 Å². The van der Waals surface area contributed by atoms with Gasteiger partial charge in [0, 0.05) is 22.1 Å². The fourth-order valence-electron chi connectivity index (χ4n) is 1.53. The molecule has 1 atom stereocenters. The molecule has 0 N–H and O–H groups in total. The van der Waals surface area contributed by atoms with E-state index in [1.165, 1.54) is 0 Å². The zero-order valence-corrected chi connectivity index (χ0v) is 12.1. The van der Waals surface area contributed by atoms with Gasteiger partial charge in [-0.3, -0.25) is 9.48 Å². The van der Waals surface area contributed by atoms with Crippen LogP contribution in [0.1, 0.15) is 36.7 Å². The Bertz CT molecular complexity index is 532. The maximum Gasteiger partial charge on any atom is 0.153 e. The number of thiophene rings is 1. The smallest absolute Gasteiger partial charge is 0.153 e. The summed E-state index contributed by atoms with van der Waals surface area (Å²) >= 11 is 5.00. The highest BCUT2D eigenvalue weighted by molar-refractivity contribution is 9.10. The molecule has 0 aliphatic carbocycles.